The van der Waals surface area contributed by atoms with Crippen molar-refractivity contribution >= 4 is 0 Å². The molecule has 2 aliphatic carbocycles. The Morgan fingerprint density at radius 1 is 0.574 bits per heavy atom. The molecule has 2 saturated carbocycles. The summed E-state index contributed by atoms with van der Waals surface area (Å²) in [6, 6.07) is 0. The van der Waals surface area contributed by atoms with Gasteiger partial charge in [-0.25, -0.2) is 19.6 Å². The van der Waals surface area contributed by atoms with E-state index in [9.17, 15) is 10.2 Å². The van der Waals surface area contributed by atoms with Crippen LogP contribution in [0.2, 0.25) is 0 Å². The van der Waals surface area contributed by atoms with Crippen LogP contribution in [0.1, 0.15) is 160 Å². The molecule has 0 aromatic rings. The Morgan fingerprint density at radius 3 is 1.30 bits per heavy atom. The summed E-state index contributed by atoms with van der Waals surface area (Å²) in [6.07, 6.45) is 10.5. The number of rotatable bonds is 9. The quantitative estimate of drug-likeness (QED) is 0.237. The summed E-state index contributed by atoms with van der Waals surface area (Å²) < 4.78 is 13.2. The highest BCUT2D eigenvalue weighted by Crippen LogP contribution is 2.69. The maximum Gasteiger partial charge on any atom is 0.199 e. The Balaban J connectivity index is 1.20. The van der Waals surface area contributed by atoms with Crippen LogP contribution in [0.5, 0.6) is 0 Å². The maximum atomic E-state index is 12.1. The number of fused-ring (bicyclic) bond motifs is 6. The monoisotopic (exact) mass is 664 g/mol. The van der Waals surface area contributed by atoms with Gasteiger partial charge in [0.1, 0.15) is 11.2 Å². The van der Waals surface area contributed by atoms with Crippen molar-refractivity contribution in [1.29, 1.82) is 0 Å². The molecule has 47 heavy (non-hydrogen) atoms. The van der Waals surface area contributed by atoms with Gasteiger partial charge in [0.25, 0.3) is 0 Å². The number of aliphatic hydroxyl groups is 2. The maximum absolute atomic E-state index is 12.1. The van der Waals surface area contributed by atoms with E-state index in [-0.39, 0.29) is 51.6 Å². The van der Waals surface area contributed by atoms with Crippen LogP contribution in [0.15, 0.2) is 0 Å². The molecule has 6 saturated heterocycles. The molecule has 0 amide bonds. The Hall–Kier alpha value is -0.320. The molecule has 8 fully saturated rings. The van der Waals surface area contributed by atoms with Crippen LogP contribution in [0.25, 0.3) is 0 Å². The highest BCUT2D eigenvalue weighted by atomic mass is 17.3. The summed E-state index contributed by atoms with van der Waals surface area (Å²) in [4.78, 5) is 25.3. The van der Waals surface area contributed by atoms with Gasteiger partial charge in [-0.2, -0.15) is 0 Å². The van der Waals surface area contributed by atoms with E-state index in [0.29, 0.717) is 12.8 Å². The van der Waals surface area contributed by atoms with Crippen LogP contribution < -0.4 is 0 Å². The van der Waals surface area contributed by atoms with E-state index in [4.69, 9.17) is 29.0 Å². The molecule has 0 unspecified atom stereocenters. The van der Waals surface area contributed by atoms with Crippen LogP contribution in [0.4, 0.5) is 0 Å². The molecule has 272 valence electrons. The zero-order valence-corrected chi connectivity index (χ0v) is 31.6. The van der Waals surface area contributed by atoms with Gasteiger partial charge in [0.05, 0.1) is 24.4 Å². The summed E-state index contributed by atoms with van der Waals surface area (Å²) in [7, 11) is 0. The number of hydrogen-bond donors (Lipinski definition) is 2. The van der Waals surface area contributed by atoms with E-state index >= 15 is 0 Å². The second-order valence-corrected chi connectivity index (χ2v) is 18.7. The summed E-state index contributed by atoms with van der Waals surface area (Å²) in [5.41, 5.74) is -2.22. The lowest BCUT2D eigenvalue weighted by Crippen LogP contribution is -2.71. The first kappa shape index (κ1) is 36.5. The fourth-order valence-corrected chi connectivity index (χ4v) is 12.8. The number of ether oxygens (including phenoxy) is 2. The topological polar surface area (TPSA) is 95.8 Å². The summed E-state index contributed by atoms with van der Waals surface area (Å²) >= 11 is 0. The van der Waals surface area contributed by atoms with E-state index in [1.165, 1.54) is 0 Å². The standard InChI is InChI=1S/C39H68O8/c1-12-29(23-30(40)25(2)34(8)17-13-15-32(6)19-21-36(10)42-27(4)38(32,34)46-44-36)24-31(41)26(3)35(9)18-14-16-33(7)20-22-37(11)43-28(5)39(33,35)47-45-37/h25-31,40-41H,12-24H2,1-11H3/t25-,26-,27-,28-,30+,31+,32+,33+,34-,35-,36-,37-,38+,39+/m0/s1. The van der Waals surface area contributed by atoms with Gasteiger partial charge < -0.3 is 19.7 Å². The number of aliphatic hydroxyl groups excluding tert-OH is 2. The lowest BCUT2D eigenvalue weighted by molar-refractivity contribution is -0.546. The molecule has 8 rings (SSSR count). The molecule has 0 radical (unpaired) electrons. The normalized spacial score (nSPS) is 52.2. The highest BCUT2D eigenvalue weighted by molar-refractivity contribution is 5.19. The largest absolute Gasteiger partial charge is 0.393 e. The Labute approximate surface area is 285 Å². The van der Waals surface area contributed by atoms with Crippen LogP contribution in [0.3, 0.4) is 0 Å². The third-order valence-corrected chi connectivity index (χ3v) is 16.2. The Morgan fingerprint density at radius 2 is 0.957 bits per heavy atom. The van der Waals surface area contributed by atoms with Gasteiger partial charge in [-0.1, -0.05) is 67.7 Å². The van der Waals surface area contributed by atoms with Crippen LogP contribution >= 0.6 is 0 Å². The van der Waals surface area contributed by atoms with Gasteiger partial charge in [-0.15, -0.1) is 0 Å². The molecule has 14 atom stereocenters. The fraction of sp³-hybridized carbons (Fsp3) is 1.00. The molecule has 6 aliphatic heterocycles. The molecule has 4 bridgehead atoms. The second kappa shape index (κ2) is 11.9. The predicted octanol–water partition coefficient (Wildman–Crippen LogP) is 8.41. The van der Waals surface area contributed by atoms with Crippen molar-refractivity contribution in [3.63, 3.8) is 0 Å². The molecule has 8 aliphatic rings. The summed E-state index contributed by atoms with van der Waals surface area (Å²) in [5.74, 6) is -1.39. The molecule has 2 spiro atoms. The minimum atomic E-state index is -0.727. The van der Waals surface area contributed by atoms with E-state index in [0.717, 1.165) is 70.6 Å². The molecule has 0 aromatic carbocycles. The average molecular weight is 665 g/mol. The molecule has 8 heteroatoms. The van der Waals surface area contributed by atoms with E-state index in [2.05, 4.69) is 62.3 Å². The van der Waals surface area contributed by atoms with Crippen molar-refractivity contribution in [2.24, 2.45) is 39.4 Å². The van der Waals surface area contributed by atoms with Crippen molar-refractivity contribution in [2.75, 3.05) is 0 Å². The Kier molecular flexibility index (Phi) is 9.20. The van der Waals surface area contributed by atoms with Gasteiger partial charge in [-0.3, -0.25) is 0 Å². The predicted molar refractivity (Wildman–Crippen MR) is 180 cm³/mol. The zero-order chi connectivity index (χ0) is 34.5. The molecular weight excluding hydrogens is 596 g/mol. The summed E-state index contributed by atoms with van der Waals surface area (Å²) in [5, 5.41) is 24.2. The van der Waals surface area contributed by atoms with Crippen molar-refractivity contribution in [3.8, 4) is 0 Å². The van der Waals surface area contributed by atoms with Crippen LogP contribution in [-0.4, -0.2) is 57.4 Å². The van der Waals surface area contributed by atoms with Gasteiger partial charge in [0.2, 0.25) is 0 Å². The van der Waals surface area contributed by atoms with Crippen LogP contribution in [-0.2, 0) is 29.0 Å². The fourth-order valence-electron chi connectivity index (χ4n) is 12.8. The SMILES string of the molecule is CCC(C[C@@H](O)[C@H](C)[C@]1(C)CCC[C@]2(C)CC[C@]3(C)OO[C@]21[C@H](C)O3)C[C@@H](O)[C@H](C)[C@]1(C)CCC[C@]2(C)CC[C@]3(C)OO[C@]21[C@H](C)O3. The van der Waals surface area contributed by atoms with Crippen LogP contribution in [0, 0.1) is 39.4 Å². The third kappa shape index (κ3) is 5.03. The molecular formula is C39H68O8. The summed E-state index contributed by atoms with van der Waals surface area (Å²) in [6.45, 7) is 24.2. The van der Waals surface area contributed by atoms with Gasteiger partial charge in [0, 0.05) is 34.5 Å². The first-order valence-electron chi connectivity index (χ1n) is 19.3. The van der Waals surface area contributed by atoms with Gasteiger partial charge in [0.15, 0.2) is 11.6 Å². The minimum absolute atomic E-state index is 0.0515. The molecule has 6 heterocycles. The zero-order valence-electron chi connectivity index (χ0n) is 31.6. The lowest BCUT2D eigenvalue weighted by Gasteiger charge is -2.64. The lowest BCUT2D eigenvalue weighted by atomic mass is 9.46. The second-order valence-electron chi connectivity index (χ2n) is 18.7. The van der Waals surface area contributed by atoms with Gasteiger partial charge in [-0.05, 0) is 96.8 Å². The Bertz CT molecular complexity index is 1080. The minimum Gasteiger partial charge on any atom is -0.393 e. The average Bonchev–Trinajstić information content (AvgIpc) is 3.30. The van der Waals surface area contributed by atoms with Crippen molar-refractivity contribution in [3.05, 3.63) is 0 Å². The molecule has 8 nitrogen and oxygen atoms in total. The molecule has 0 aromatic heterocycles. The van der Waals surface area contributed by atoms with Crippen molar-refractivity contribution < 1.29 is 39.2 Å². The van der Waals surface area contributed by atoms with Gasteiger partial charge >= 0.3 is 0 Å². The van der Waals surface area contributed by atoms with Crippen molar-refractivity contribution in [1.82, 2.24) is 0 Å². The van der Waals surface area contributed by atoms with Crippen molar-refractivity contribution in [2.45, 2.75) is 207 Å². The first-order valence-corrected chi connectivity index (χ1v) is 19.3. The highest BCUT2D eigenvalue weighted by Gasteiger charge is 2.74. The number of hydrogen-bond acceptors (Lipinski definition) is 8. The van der Waals surface area contributed by atoms with E-state index in [1.807, 2.05) is 13.8 Å². The van der Waals surface area contributed by atoms with E-state index < -0.39 is 35.0 Å². The third-order valence-electron chi connectivity index (χ3n) is 16.2. The van der Waals surface area contributed by atoms with E-state index in [1.54, 1.807) is 0 Å². The smallest absolute Gasteiger partial charge is 0.199 e. The molecule has 2 N–H and O–H groups in total. The first-order chi connectivity index (χ1) is 21.8.